The molecule has 2 aromatic heterocycles. The van der Waals surface area contributed by atoms with Gasteiger partial charge in [0, 0.05) is 24.3 Å². The SMILES string of the molecule is CCN(CCNc1c(C)c(C)nc2ncnn12)CC(F)(F)F. The van der Waals surface area contributed by atoms with Crippen molar-refractivity contribution in [2.75, 3.05) is 31.5 Å². The number of nitrogens with zero attached hydrogens (tertiary/aromatic N) is 5. The summed E-state index contributed by atoms with van der Waals surface area (Å²) >= 11 is 0. The summed E-state index contributed by atoms with van der Waals surface area (Å²) in [4.78, 5) is 9.67. The lowest BCUT2D eigenvalue weighted by Gasteiger charge is -2.22. The van der Waals surface area contributed by atoms with Gasteiger partial charge in [0.1, 0.15) is 12.1 Å². The van der Waals surface area contributed by atoms with E-state index < -0.39 is 12.7 Å². The van der Waals surface area contributed by atoms with Gasteiger partial charge in [-0.3, -0.25) is 4.90 Å². The van der Waals surface area contributed by atoms with Gasteiger partial charge in [-0.2, -0.15) is 27.8 Å². The van der Waals surface area contributed by atoms with Crippen molar-refractivity contribution in [3.63, 3.8) is 0 Å². The Morgan fingerprint density at radius 3 is 2.68 bits per heavy atom. The van der Waals surface area contributed by atoms with Crippen LogP contribution in [-0.2, 0) is 0 Å². The number of likely N-dealkylation sites (N-methyl/N-ethyl adjacent to an activating group) is 1. The highest BCUT2D eigenvalue weighted by atomic mass is 19.4. The van der Waals surface area contributed by atoms with Crippen LogP contribution in [0.25, 0.3) is 5.78 Å². The molecule has 0 saturated heterocycles. The maximum atomic E-state index is 12.4. The van der Waals surface area contributed by atoms with Crippen LogP contribution in [0.5, 0.6) is 0 Å². The largest absolute Gasteiger partial charge is 0.401 e. The third kappa shape index (κ3) is 3.85. The fourth-order valence-electron chi connectivity index (χ4n) is 2.18. The summed E-state index contributed by atoms with van der Waals surface area (Å²) in [7, 11) is 0. The lowest BCUT2D eigenvalue weighted by Crippen LogP contribution is -2.37. The lowest BCUT2D eigenvalue weighted by molar-refractivity contribution is -0.145. The summed E-state index contributed by atoms with van der Waals surface area (Å²) in [6.45, 7) is 5.56. The van der Waals surface area contributed by atoms with Gasteiger partial charge in [0.05, 0.1) is 6.54 Å². The molecule has 22 heavy (non-hydrogen) atoms. The van der Waals surface area contributed by atoms with Crippen molar-refractivity contribution >= 4 is 11.6 Å². The van der Waals surface area contributed by atoms with E-state index in [2.05, 4.69) is 20.4 Å². The first-order valence-electron chi connectivity index (χ1n) is 7.01. The van der Waals surface area contributed by atoms with E-state index in [1.165, 1.54) is 11.2 Å². The Balaban J connectivity index is 2.05. The average molecular weight is 316 g/mol. The molecule has 0 saturated carbocycles. The highest BCUT2D eigenvalue weighted by Gasteiger charge is 2.29. The van der Waals surface area contributed by atoms with Crippen molar-refractivity contribution in [3.05, 3.63) is 17.6 Å². The Hall–Kier alpha value is -1.90. The zero-order chi connectivity index (χ0) is 16.3. The van der Waals surface area contributed by atoms with Crippen molar-refractivity contribution < 1.29 is 13.2 Å². The lowest BCUT2D eigenvalue weighted by atomic mass is 10.2. The Morgan fingerprint density at radius 1 is 1.32 bits per heavy atom. The summed E-state index contributed by atoms with van der Waals surface area (Å²) in [5.74, 6) is 1.18. The zero-order valence-corrected chi connectivity index (χ0v) is 12.8. The minimum Gasteiger partial charge on any atom is -0.368 e. The van der Waals surface area contributed by atoms with E-state index in [0.29, 0.717) is 24.7 Å². The molecule has 2 rings (SSSR count). The van der Waals surface area contributed by atoms with Gasteiger partial charge in [0.15, 0.2) is 0 Å². The van der Waals surface area contributed by atoms with E-state index in [9.17, 15) is 13.2 Å². The van der Waals surface area contributed by atoms with Crippen LogP contribution in [0.2, 0.25) is 0 Å². The van der Waals surface area contributed by atoms with E-state index in [0.717, 1.165) is 11.3 Å². The fourth-order valence-corrected chi connectivity index (χ4v) is 2.18. The predicted molar refractivity (Wildman–Crippen MR) is 76.9 cm³/mol. The summed E-state index contributed by atoms with van der Waals surface area (Å²) in [5.41, 5.74) is 1.71. The Labute approximate surface area is 126 Å². The molecule has 0 radical (unpaired) electrons. The molecule has 0 unspecified atom stereocenters. The van der Waals surface area contributed by atoms with Gasteiger partial charge in [0.25, 0.3) is 5.78 Å². The number of anilines is 1. The second kappa shape index (κ2) is 6.47. The summed E-state index contributed by atoms with van der Waals surface area (Å²) in [6, 6.07) is 0. The van der Waals surface area contributed by atoms with Gasteiger partial charge in [-0.1, -0.05) is 6.92 Å². The van der Waals surface area contributed by atoms with Crippen LogP contribution in [0.4, 0.5) is 19.0 Å². The molecule has 0 aliphatic rings. The van der Waals surface area contributed by atoms with Crippen molar-refractivity contribution in [1.82, 2.24) is 24.5 Å². The molecular weight excluding hydrogens is 297 g/mol. The van der Waals surface area contributed by atoms with Crippen molar-refractivity contribution in [2.24, 2.45) is 0 Å². The summed E-state index contributed by atoms with van der Waals surface area (Å²) in [5, 5.41) is 7.23. The standard InChI is InChI=1S/C13H19F3N6/c1-4-21(7-13(14,15)16)6-5-17-11-9(2)10(3)20-12-18-8-19-22(11)12/h8,17H,4-7H2,1-3H3. The van der Waals surface area contributed by atoms with Gasteiger partial charge in [-0.25, -0.2) is 4.98 Å². The number of hydrogen-bond donors (Lipinski definition) is 1. The van der Waals surface area contributed by atoms with E-state index in [4.69, 9.17) is 0 Å². The second-order valence-corrected chi connectivity index (χ2v) is 5.05. The van der Waals surface area contributed by atoms with E-state index >= 15 is 0 Å². The molecule has 1 N–H and O–H groups in total. The number of aryl methyl sites for hydroxylation is 1. The van der Waals surface area contributed by atoms with Crippen LogP contribution >= 0.6 is 0 Å². The number of hydrogen-bond acceptors (Lipinski definition) is 5. The summed E-state index contributed by atoms with van der Waals surface area (Å²) in [6.07, 6.45) is -2.78. The highest BCUT2D eigenvalue weighted by Crippen LogP contribution is 2.18. The minimum atomic E-state index is -4.18. The van der Waals surface area contributed by atoms with Gasteiger partial charge in [-0.15, -0.1) is 0 Å². The number of aromatic nitrogens is 4. The number of alkyl halides is 3. The monoisotopic (exact) mass is 316 g/mol. The number of rotatable bonds is 6. The average Bonchev–Trinajstić information content (AvgIpc) is 2.88. The molecule has 0 spiro atoms. The van der Waals surface area contributed by atoms with Gasteiger partial charge in [-0.05, 0) is 20.4 Å². The van der Waals surface area contributed by atoms with Crippen LogP contribution in [0, 0.1) is 13.8 Å². The molecule has 0 fully saturated rings. The number of halogens is 3. The quantitative estimate of drug-likeness (QED) is 0.884. The molecular formula is C13H19F3N6. The molecule has 6 nitrogen and oxygen atoms in total. The minimum absolute atomic E-state index is 0.285. The summed E-state index contributed by atoms with van der Waals surface area (Å²) < 4.78 is 38.9. The maximum absolute atomic E-state index is 12.4. The van der Waals surface area contributed by atoms with Crippen molar-refractivity contribution in [3.8, 4) is 0 Å². The fraction of sp³-hybridized carbons (Fsp3) is 0.615. The van der Waals surface area contributed by atoms with Crippen LogP contribution in [-0.4, -0.2) is 56.8 Å². The molecule has 0 atom stereocenters. The van der Waals surface area contributed by atoms with Gasteiger partial charge < -0.3 is 5.32 Å². The molecule has 0 aliphatic carbocycles. The van der Waals surface area contributed by atoms with Gasteiger partial charge >= 0.3 is 6.18 Å². The van der Waals surface area contributed by atoms with E-state index in [-0.39, 0.29) is 6.54 Å². The first-order valence-corrected chi connectivity index (χ1v) is 7.01. The number of fused-ring (bicyclic) bond motifs is 1. The highest BCUT2D eigenvalue weighted by molar-refractivity contribution is 5.51. The Kier molecular flexibility index (Phi) is 4.84. The molecule has 122 valence electrons. The Morgan fingerprint density at radius 2 is 2.05 bits per heavy atom. The van der Waals surface area contributed by atoms with Crippen molar-refractivity contribution in [1.29, 1.82) is 0 Å². The van der Waals surface area contributed by atoms with Crippen LogP contribution < -0.4 is 5.32 Å². The van der Waals surface area contributed by atoms with Crippen molar-refractivity contribution in [2.45, 2.75) is 26.9 Å². The molecule has 0 aromatic carbocycles. The van der Waals surface area contributed by atoms with Gasteiger partial charge in [0.2, 0.25) is 0 Å². The van der Waals surface area contributed by atoms with Crippen LogP contribution in [0.1, 0.15) is 18.2 Å². The second-order valence-electron chi connectivity index (χ2n) is 5.05. The topological polar surface area (TPSA) is 58.3 Å². The smallest absolute Gasteiger partial charge is 0.368 e. The Bertz CT molecular complexity index is 636. The molecule has 0 amide bonds. The van der Waals surface area contributed by atoms with Crippen LogP contribution in [0.3, 0.4) is 0 Å². The molecule has 2 aromatic rings. The number of nitrogens with one attached hydrogen (secondary N) is 1. The molecule has 0 aliphatic heterocycles. The zero-order valence-electron chi connectivity index (χ0n) is 12.8. The normalized spacial score (nSPS) is 12.3. The third-order valence-corrected chi connectivity index (χ3v) is 3.48. The predicted octanol–water partition coefficient (Wildman–Crippen LogP) is 2.04. The van der Waals surface area contributed by atoms with E-state index in [1.54, 1.807) is 11.4 Å². The first kappa shape index (κ1) is 16.5. The first-order chi connectivity index (χ1) is 10.3. The van der Waals surface area contributed by atoms with Crippen LogP contribution in [0.15, 0.2) is 6.33 Å². The maximum Gasteiger partial charge on any atom is 0.401 e. The third-order valence-electron chi connectivity index (χ3n) is 3.48. The van der Waals surface area contributed by atoms with E-state index in [1.807, 2.05) is 13.8 Å². The molecule has 0 bridgehead atoms. The molecule has 2 heterocycles. The molecule has 9 heteroatoms.